The Labute approximate surface area is 232 Å². The molecule has 0 unspecified atom stereocenters. The predicted octanol–water partition coefficient (Wildman–Crippen LogP) is 4.10. The second kappa shape index (κ2) is 11.3. The Kier molecular flexibility index (Phi) is 7.85. The predicted molar refractivity (Wildman–Crippen MR) is 152 cm³/mol. The van der Waals surface area contributed by atoms with Crippen molar-refractivity contribution < 1.29 is 22.7 Å². The van der Waals surface area contributed by atoms with Crippen LogP contribution >= 0.6 is 11.3 Å². The molecular weight excluding hydrogens is 536 g/mol. The monoisotopic (exact) mass is 566 g/mol. The van der Waals surface area contributed by atoms with E-state index in [1.165, 1.54) is 27.8 Å². The molecule has 0 saturated heterocycles. The van der Waals surface area contributed by atoms with Crippen LogP contribution in [-0.2, 0) is 16.6 Å². The minimum atomic E-state index is -3.73. The third kappa shape index (κ3) is 5.91. The summed E-state index contributed by atoms with van der Waals surface area (Å²) in [5.41, 5.74) is 2.00. The van der Waals surface area contributed by atoms with Gasteiger partial charge >= 0.3 is 0 Å². The van der Waals surface area contributed by atoms with E-state index in [1.807, 2.05) is 61.5 Å². The molecule has 0 fully saturated rings. The number of rotatable bonds is 9. The van der Waals surface area contributed by atoms with E-state index in [2.05, 4.69) is 0 Å². The van der Waals surface area contributed by atoms with Gasteiger partial charge < -0.3 is 14.4 Å². The number of hydrogen-bond donors (Lipinski definition) is 0. The minimum Gasteiger partial charge on any atom is -0.486 e. The summed E-state index contributed by atoms with van der Waals surface area (Å²) in [6.45, 7) is 2.26. The van der Waals surface area contributed by atoms with Crippen molar-refractivity contribution in [2.24, 2.45) is 0 Å². The molecule has 0 atom stereocenters. The zero-order valence-electron chi connectivity index (χ0n) is 22.0. The lowest BCUT2D eigenvalue weighted by molar-refractivity contribution is 0.0985. The van der Waals surface area contributed by atoms with Gasteiger partial charge in [-0.05, 0) is 43.9 Å². The molecule has 2 heterocycles. The normalized spacial score (nSPS) is 13.3. The lowest BCUT2D eigenvalue weighted by atomic mass is 10.2. The molecule has 1 amide bonds. The number of carbonyl (C=O) groups is 1. The molecular formula is C28H30N4O5S2. The first-order valence-corrected chi connectivity index (χ1v) is 14.7. The zero-order chi connectivity index (χ0) is 27.6. The fourth-order valence-electron chi connectivity index (χ4n) is 4.18. The van der Waals surface area contributed by atoms with Crippen LogP contribution in [0.25, 0.3) is 10.2 Å². The summed E-state index contributed by atoms with van der Waals surface area (Å²) >= 11 is 1.40. The van der Waals surface area contributed by atoms with Crippen molar-refractivity contribution in [3.63, 3.8) is 0 Å². The molecule has 1 aliphatic heterocycles. The SMILES string of the molecule is CN(C)CCN(C(=O)c1ccc(S(=O)(=O)N(C)Cc2ccccc2)cc1)c1nc2cc3c(cc2s1)OCCO3. The Morgan fingerprint density at radius 3 is 2.26 bits per heavy atom. The maximum absolute atomic E-state index is 13.7. The second-order valence-electron chi connectivity index (χ2n) is 9.49. The number of amides is 1. The highest BCUT2D eigenvalue weighted by Crippen LogP contribution is 2.39. The summed E-state index contributed by atoms with van der Waals surface area (Å²) < 4.78 is 39.9. The first-order chi connectivity index (χ1) is 18.7. The van der Waals surface area contributed by atoms with E-state index in [0.717, 1.165) is 15.8 Å². The van der Waals surface area contributed by atoms with Crippen molar-refractivity contribution in [3.05, 3.63) is 77.9 Å². The molecule has 0 bridgehead atoms. The minimum absolute atomic E-state index is 0.128. The van der Waals surface area contributed by atoms with E-state index in [1.54, 1.807) is 24.1 Å². The summed E-state index contributed by atoms with van der Waals surface area (Å²) in [4.78, 5) is 22.2. The van der Waals surface area contributed by atoms with Crippen molar-refractivity contribution >= 4 is 42.6 Å². The number of fused-ring (bicyclic) bond motifs is 2. The summed E-state index contributed by atoms with van der Waals surface area (Å²) in [6, 6.07) is 19.2. The maximum atomic E-state index is 13.7. The van der Waals surface area contributed by atoms with E-state index < -0.39 is 10.0 Å². The number of nitrogens with zero attached hydrogens (tertiary/aromatic N) is 4. The molecule has 0 N–H and O–H groups in total. The highest BCUT2D eigenvalue weighted by molar-refractivity contribution is 7.89. The van der Waals surface area contributed by atoms with Gasteiger partial charge in [0, 0.05) is 44.4 Å². The molecule has 39 heavy (non-hydrogen) atoms. The first kappa shape index (κ1) is 27.1. The van der Waals surface area contributed by atoms with Gasteiger partial charge in [0.05, 0.1) is 15.1 Å². The van der Waals surface area contributed by atoms with Crippen molar-refractivity contribution in [2.45, 2.75) is 11.4 Å². The molecule has 1 aliphatic rings. The number of aromatic nitrogens is 1. The molecule has 5 rings (SSSR count). The van der Waals surface area contributed by atoms with Crippen molar-refractivity contribution in [3.8, 4) is 11.5 Å². The van der Waals surface area contributed by atoms with Gasteiger partial charge in [-0.25, -0.2) is 13.4 Å². The van der Waals surface area contributed by atoms with Gasteiger partial charge in [-0.1, -0.05) is 41.7 Å². The Hall–Kier alpha value is -3.51. The summed E-state index contributed by atoms with van der Waals surface area (Å²) in [7, 11) is 1.70. The Bertz CT molecular complexity index is 1530. The highest BCUT2D eigenvalue weighted by Gasteiger charge is 2.25. The summed E-state index contributed by atoms with van der Waals surface area (Å²) in [5.74, 6) is 1.06. The van der Waals surface area contributed by atoms with Crippen molar-refractivity contribution in [1.82, 2.24) is 14.2 Å². The molecule has 0 saturated carbocycles. The van der Waals surface area contributed by atoms with Gasteiger partial charge in [0.15, 0.2) is 16.6 Å². The van der Waals surface area contributed by atoms with Gasteiger partial charge in [0.25, 0.3) is 5.91 Å². The van der Waals surface area contributed by atoms with Gasteiger partial charge in [-0.2, -0.15) is 4.31 Å². The van der Waals surface area contributed by atoms with E-state index >= 15 is 0 Å². The summed E-state index contributed by atoms with van der Waals surface area (Å²) in [5, 5.41) is 0.554. The van der Waals surface area contributed by atoms with Crippen LogP contribution in [0.2, 0.25) is 0 Å². The van der Waals surface area contributed by atoms with Crippen LogP contribution in [-0.4, -0.2) is 76.0 Å². The lowest BCUT2D eigenvalue weighted by Crippen LogP contribution is -2.36. The number of thiazole rings is 1. The van der Waals surface area contributed by atoms with Crippen LogP contribution < -0.4 is 14.4 Å². The van der Waals surface area contributed by atoms with E-state index in [4.69, 9.17) is 14.5 Å². The average Bonchev–Trinajstić information content (AvgIpc) is 3.34. The zero-order valence-corrected chi connectivity index (χ0v) is 23.7. The largest absolute Gasteiger partial charge is 0.486 e. The molecule has 0 radical (unpaired) electrons. The quantitative estimate of drug-likeness (QED) is 0.301. The highest BCUT2D eigenvalue weighted by atomic mass is 32.2. The number of hydrogen-bond acceptors (Lipinski definition) is 8. The van der Waals surface area contributed by atoms with Crippen molar-refractivity contribution in [1.29, 1.82) is 0 Å². The molecule has 1 aromatic heterocycles. The van der Waals surface area contributed by atoms with Crippen LogP contribution in [0.1, 0.15) is 15.9 Å². The third-order valence-corrected chi connectivity index (χ3v) is 9.20. The molecule has 3 aromatic carbocycles. The Morgan fingerprint density at radius 1 is 0.923 bits per heavy atom. The van der Waals surface area contributed by atoms with E-state index in [-0.39, 0.29) is 17.3 Å². The molecule has 11 heteroatoms. The molecule has 9 nitrogen and oxygen atoms in total. The Balaban J connectivity index is 1.40. The average molecular weight is 567 g/mol. The number of anilines is 1. The molecule has 204 valence electrons. The standard InChI is InChI=1S/C28H30N4O5S2/c1-30(2)13-14-32(28-29-23-17-24-25(18-26(23)38-28)37-16-15-36-24)27(33)21-9-11-22(12-10-21)39(34,35)31(3)19-20-7-5-4-6-8-20/h4-12,17-18H,13-16,19H2,1-3H3. The van der Waals surface area contributed by atoms with Crippen LogP contribution in [0.5, 0.6) is 11.5 Å². The number of benzene rings is 3. The molecule has 4 aromatic rings. The number of likely N-dealkylation sites (N-methyl/N-ethyl adjacent to an activating group) is 1. The van der Waals surface area contributed by atoms with Crippen LogP contribution in [0.3, 0.4) is 0 Å². The smallest absolute Gasteiger partial charge is 0.260 e. The maximum Gasteiger partial charge on any atom is 0.260 e. The summed E-state index contributed by atoms with van der Waals surface area (Å²) in [6.07, 6.45) is 0. The van der Waals surface area contributed by atoms with Crippen LogP contribution in [0.15, 0.2) is 71.6 Å². The lowest BCUT2D eigenvalue weighted by Gasteiger charge is -2.22. The topological polar surface area (TPSA) is 92.3 Å². The fourth-order valence-corrected chi connectivity index (χ4v) is 6.34. The van der Waals surface area contributed by atoms with E-state index in [0.29, 0.717) is 48.5 Å². The van der Waals surface area contributed by atoms with Gasteiger partial charge in [0.2, 0.25) is 10.0 Å². The van der Waals surface area contributed by atoms with Gasteiger partial charge in [0.1, 0.15) is 13.2 Å². The first-order valence-electron chi connectivity index (χ1n) is 12.5. The third-order valence-electron chi connectivity index (χ3n) is 6.35. The molecule has 0 spiro atoms. The number of sulfonamides is 1. The van der Waals surface area contributed by atoms with E-state index in [9.17, 15) is 13.2 Å². The Morgan fingerprint density at radius 2 is 1.59 bits per heavy atom. The van der Waals surface area contributed by atoms with Crippen molar-refractivity contribution in [2.75, 3.05) is 52.3 Å². The second-order valence-corrected chi connectivity index (χ2v) is 12.5. The number of carbonyl (C=O) groups excluding carboxylic acids is 1. The van der Waals surface area contributed by atoms with Crippen LogP contribution in [0, 0.1) is 0 Å². The molecule has 0 aliphatic carbocycles. The van der Waals surface area contributed by atoms with Gasteiger partial charge in [-0.3, -0.25) is 9.69 Å². The fraction of sp³-hybridized carbons (Fsp3) is 0.286. The van der Waals surface area contributed by atoms with Crippen LogP contribution in [0.4, 0.5) is 5.13 Å². The number of ether oxygens (including phenoxy) is 2. The van der Waals surface area contributed by atoms with Gasteiger partial charge in [-0.15, -0.1) is 0 Å².